The summed E-state index contributed by atoms with van der Waals surface area (Å²) in [5, 5.41) is 20.6. The first-order valence-electron chi connectivity index (χ1n) is 6.46. The van der Waals surface area contributed by atoms with Gasteiger partial charge >= 0.3 is 0 Å². The van der Waals surface area contributed by atoms with Gasteiger partial charge in [0.1, 0.15) is 12.0 Å². The number of anilines is 3. The molecule has 0 atom stereocenters. The van der Waals surface area contributed by atoms with Crippen LogP contribution in [0.2, 0.25) is 0 Å². The van der Waals surface area contributed by atoms with E-state index < -0.39 is 0 Å². The molecule has 1 aromatic heterocycles. The Bertz CT molecular complexity index is 494. The predicted molar refractivity (Wildman–Crippen MR) is 77.9 cm³/mol. The van der Waals surface area contributed by atoms with Crippen molar-refractivity contribution in [3.63, 3.8) is 0 Å². The molecule has 106 valence electrons. The maximum absolute atomic E-state index is 8.71. The lowest BCUT2D eigenvalue weighted by Gasteiger charge is -2.24. The number of nitrogen functional groups attached to an aromatic ring is 1. The molecule has 7 nitrogen and oxygen atoms in total. The van der Waals surface area contributed by atoms with Crippen LogP contribution in [0.4, 0.5) is 17.3 Å². The second kappa shape index (κ2) is 7.80. The molecule has 0 saturated carbocycles. The van der Waals surface area contributed by atoms with E-state index in [1.165, 1.54) is 6.33 Å². The van der Waals surface area contributed by atoms with Crippen LogP contribution in [0.15, 0.2) is 6.33 Å². The highest BCUT2D eigenvalue weighted by molar-refractivity contribution is 5.75. The molecule has 1 rings (SSSR count). The van der Waals surface area contributed by atoms with E-state index in [1.54, 1.807) is 0 Å². The monoisotopic (exact) mass is 273 g/mol. The van der Waals surface area contributed by atoms with Crippen molar-refractivity contribution in [2.45, 2.75) is 32.7 Å². The number of rotatable bonds is 7. The molecule has 1 aromatic rings. The topological polar surface area (TPSA) is 115 Å². The van der Waals surface area contributed by atoms with Crippen molar-refractivity contribution in [1.29, 1.82) is 10.5 Å². The zero-order valence-electron chi connectivity index (χ0n) is 11.8. The van der Waals surface area contributed by atoms with Crippen molar-refractivity contribution in [3.05, 3.63) is 6.33 Å². The first kappa shape index (κ1) is 15.5. The molecule has 0 aromatic carbocycles. The lowest BCUT2D eigenvalue weighted by molar-refractivity contribution is 0.780. The fourth-order valence-electron chi connectivity index (χ4n) is 1.72. The third-order valence-electron chi connectivity index (χ3n) is 2.57. The molecule has 7 heteroatoms. The van der Waals surface area contributed by atoms with Crippen molar-refractivity contribution >= 4 is 17.3 Å². The fourth-order valence-corrected chi connectivity index (χ4v) is 1.72. The Hall–Kier alpha value is -2.54. The largest absolute Gasteiger partial charge is 0.393 e. The quantitative estimate of drug-likeness (QED) is 0.773. The molecule has 0 aliphatic rings. The molecule has 1 heterocycles. The third-order valence-corrected chi connectivity index (χ3v) is 2.57. The predicted octanol–water partition coefficient (Wildman–Crippen LogP) is 1.51. The number of nitriles is 2. The molecule has 0 unspecified atom stereocenters. The Morgan fingerprint density at radius 3 is 2.35 bits per heavy atom. The normalized spacial score (nSPS) is 9.85. The summed E-state index contributed by atoms with van der Waals surface area (Å²) < 4.78 is 0. The van der Waals surface area contributed by atoms with Crippen LogP contribution >= 0.6 is 0 Å². The van der Waals surface area contributed by atoms with E-state index in [0.29, 0.717) is 43.3 Å². The van der Waals surface area contributed by atoms with Gasteiger partial charge < -0.3 is 16.0 Å². The summed E-state index contributed by atoms with van der Waals surface area (Å²) in [6, 6.07) is 4.37. The van der Waals surface area contributed by atoms with Crippen LogP contribution in [0.3, 0.4) is 0 Å². The van der Waals surface area contributed by atoms with Gasteiger partial charge in [-0.2, -0.15) is 10.5 Å². The minimum absolute atomic E-state index is 0.201. The number of hydrogen-bond acceptors (Lipinski definition) is 7. The maximum atomic E-state index is 8.71. The summed E-state index contributed by atoms with van der Waals surface area (Å²) in [7, 11) is 0. The van der Waals surface area contributed by atoms with Crippen molar-refractivity contribution in [1.82, 2.24) is 9.97 Å². The van der Waals surface area contributed by atoms with E-state index in [-0.39, 0.29) is 6.04 Å². The Labute approximate surface area is 119 Å². The maximum Gasteiger partial charge on any atom is 0.157 e. The smallest absolute Gasteiger partial charge is 0.157 e. The summed E-state index contributed by atoms with van der Waals surface area (Å²) in [6.45, 7) is 4.95. The van der Waals surface area contributed by atoms with E-state index in [4.69, 9.17) is 16.3 Å². The van der Waals surface area contributed by atoms with Gasteiger partial charge in [-0.25, -0.2) is 9.97 Å². The highest BCUT2D eigenvalue weighted by Crippen LogP contribution is 2.26. The van der Waals surface area contributed by atoms with Gasteiger partial charge in [0, 0.05) is 19.1 Å². The van der Waals surface area contributed by atoms with E-state index in [1.807, 2.05) is 18.7 Å². The molecule has 0 aliphatic carbocycles. The second-order valence-electron chi connectivity index (χ2n) is 4.56. The average Bonchev–Trinajstić information content (AvgIpc) is 2.41. The number of nitrogens with zero attached hydrogens (tertiary/aromatic N) is 5. The fraction of sp³-hybridized carbons (Fsp3) is 0.538. The number of nitrogens with one attached hydrogen (secondary N) is 1. The minimum Gasteiger partial charge on any atom is -0.393 e. The Morgan fingerprint density at radius 1 is 1.25 bits per heavy atom. The molecule has 0 spiro atoms. The summed E-state index contributed by atoms with van der Waals surface area (Å²) in [4.78, 5) is 10.1. The minimum atomic E-state index is 0.201. The molecule has 20 heavy (non-hydrogen) atoms. The van der Waals surface area contributed by atoms with Crippen molar-refractivity contribution < 1.29 is 0 Å². The SMILES string of the molecule is CC(C)Nc1ncnc(N(CCC#N)CCC#N)c1N. The zero-order chi connectivity index (χ0) is 15.0. The van der Waals surface area contributed by atoms with Crippen molar-refractivity contribution in [3.8, 4) is 12.1 Å². The molecule has 0 fully saturated rings. The average molecular weight is 273 g/mol. The number of aromatic nitrogens is 2. The highest BCUT2D eigenvalue weighted by atomic mass is 15.2. The van der Waals surface area contributed by atoms with Gasteiger partial charge in [0.2, 0.25) is 0 Å². The molecule has 3 N–H and O–H groups in total. The Morgan fingerprint density at radius 2 is 1.85 bits per heavy atom. The molecular weight excluding hydrogens is 254 g/mol. The van der Waals surface area contributed by atoms with E-state index in [9.17, 15) is 0 Å². The van der Waals surface area contributed by atoms with Crippen LogP contribution in [0.1, 0.15) is 26.7 Å². The van der Waals surface area contributed by atoms with E-state index in [0.717, 1.165) is 0 Å². The number of nitrogens with two attached hydrogens (primary N) is 1. The molecule has 0 saturated heterocycles. The zero-order valence-corrected chi connectivity index (χ0v) is 11.8. The van der Waals surface area contributed by atoms with Gasteiger partial charge in [-0.05, 0) is 13.8 Å². The van der Waals surface area contributed by atoms with Crippen molar-refractivity contribution in [2.75, 3.05) is 29.0 Å². The van der Waals surface area contributed by atoms with Gasteiger partial charge in [-0.3, -0.25) is 0 Å². The van der Waals surface area contributed by atoms with Crippen LogP contribution in [0.5, 0.6) is 0 Å². The standard InChI is InChI=1S/C13H19N7/c1-10(2)19-12-11(16)13(18-9-17-12)20(7-3-5-14)8-4-6-15/h9-10H,3-4,7-8,16H2,1-2H3,(H,17,18,19). The molecule has 0 bridgehead atoms. The van der Waals surface area contributed by atoms with Crippen LogP contribution in [0, 0.1) is 22.7 Å². The first-order chi connectivity index (χ1) is 9.60. The first-order valence-corrected chi connectivity index (χ1v) is 6.46. The van der Waals surface area contributed by atoms with Crippen molar-refractivity contribution in [2.24, 2.45) is 0 Å². The van der Waals surface area contributed by atoms with Crippen LogP contribution < -0.4 is 16.0 Å². The van der Waals surface area contributed by atoms with E-state index >= 15 is 0 Å². The molecule has 0 amide bonds. The Balaban J connectivity index is 3.00. The number of hydrogen-bond donors (Lipinski definition) is 2. The molecule has 0 aliphatic heterocycles. The van der Waals surface area contributed by atoms with Gasteiger partial charge in [-0.1, -0.05) is 0 Å². The lowest BCUT2D eigenvalue weighted by Crippen LogP contribution is -2.28. The van der Waals surface area contributed by atoms with Crippen LogP contribution in [0.25, 0.3) is 0 Å². The summed E-state index contributed by atoms with van der Waals surface area (Å²) >= 11 is 0. The summed E-state index contributed by atoms with van der Waals surface area (Å²) in [6.07, 6.45) is 2.13. The van der Waals surface area contributed by atoms with E-state index in [2.05, 4.69) is 27.4 Å². The molecule has 0 radical (unpaired) electrons. The highest BCUT2D eigenvalue weighted by Gasteiger charge is 2.15. The van der Waals surface area contributed by atoms with Crippen LogP contribution in [-0.2, 0) is 0 Å². The van der Waals surface area contributed by atoms with Gasteiger partial charge in [-0.15, -0.1) is 0 Å². The second-order valence-corrected chi connectivity index (χ2v) is 4.56. The van der Waals surface area contributed by atoms with Gasteiger partial charge in [0.15, 0.2) is 11.6 Å². The lowest BCUT2D eigenvalue weighted by atomic mass is 10.3. The summed E-state index contributed by atoms with van der Waals surface area (Å²) in [5.74, 6) is 1.14. The third kappa shape index (κ3) is 4.29. The summed E-state index contributed by atoms with van der Waals surface area (Å²) in [5.41, 5.74) is 6.52. The molecular formula is C13H19N7. The van der Waals surface area contributed by atoms with Gasteiger partial charge in [0.05, 0.1) is 25.0 Å². The Kier molecular flexibility index (Phi) is 6.05. The van der Waals surface area contributed by atoms with Gasteiger partial charge in [0.25, 0.3) is 0 Å². The van der Waals surface area contributed by atoms with Crippen LogP contribution in [-0.4, -0.2) is 29.1 Å².